The van der Waals surface area contributed by atoms with Crippen molar-refractivity contribution >= 4 is 28.1 Å². The van der Waals surface area contributed by atoms with E-state index >= 15 is 0 Å². The van der Waals surface area contributed by atoms with E-state index < -0.39 is 5.97 Å². The van der Waals surface area contributed by atoms with Crippen molar-refractivity contribution in [3.8, 4) is 5.75 Å². The lowest BCUT2D eigenvalue weighted by atomic mass is 10.3. The molecule has 0 spiro atoms. The highest BCUT2D eigenvalue weighted by molar-refractivity contribution is 7.17. The number of aromatic carboxylic acids is 1. The quantitative estimate of drug-likeness (QED) is 0.791. The second-order valence-corrected chi connectivity index (χ2v) is 4.63. The standard InChI is InChI=1S/C12H12N2O3S/c1-2-9-10(11(16)17)18-12(14-9)13-7-4-3-5-8(15)6-7/h3-6,15H,2H2,1H3,(H,13,14)(H,16,17). The zero-order chi connectivity index (χ0) is 13.1. The summed E-state index contributed by atoms with van der Waals surface area (Å²) in [6.07, 6.45) is 0.569. The highest BCUT2D eigenvalue weighted by Crippen LogP contribution is 2.27. The number of carbonyl (C=O) groups is 1. The number of hydrogen-bond acceptors (Lipinski definition) is 5. The Kier molecular flexibility index (Phi) is 3.47. The number of benzene rings is 1. The highest BCUT2D eigenvalue weighted by Gasteiger charge is 2.15. The summed E-state index contributed by atoms with van der Waals surface area (Å²) in [5.41, 5.74) is 1.23. The Bertz CT molecular complexity index is 580. The number of nitrogens with one attached hydrogen (secondary N) is 1. The van der Waals surface area contributed by atoms with Crippen molar-refractivity contribution in [3.63, 3.8) is 0 Å². The van der Waals surface area contributed by atoms with Gasteiger partial charge in [-0.05, 0) is 18.6 Å². The van der Waals surface area contributed by atoms with Gasteiger partial charge in [-0.25, -0.2) is 9.78 Å². The maximum absolute atomic E-state index is 11.0. The van der Waals surface area contributed by atoms with Gasteiger partial charge in [-0.15, -0.1) is 0 Å². The van der Waals surface area contributed by atoms with Crippen LogP contribution in [0.15, 0.2) is 24.3 Å². The molecule has 18 heavy (non-hydrogen) atoms. The minimum atomic E-state index is -0.965. The van der Waals surface area contributed by atoms with Gasteiger partial charge in [-0.3, -0.25) is 0 Å². The zero-order valence-electron chi connectivity index (χ0n) is 9.67. The van der Waals surface area contributed by atoms with Crippen molar-refractivity contribution in [2.24, 2.45) is 0 Å². The SMILES string of the molecule is CCc1nc(Nc2cccc(O)c2)sc1C(=O)O. The number of carboxylic acid groups (broad SMARTS) is 1. The van der Waals surface area contributed by atoms with Crippen LogP contribution in [0.5, 0.6) is 5.75 Å². The van der Waals surface area contributed by atoms with Gasteiger partial charge in [0, 0.05) is 11.8 Å². The zero-order valence-corrected chi connectivity index (χ0v) is 10.5. The molecular weight excluding hydrogens is 252 g/mol. The average molecular weight is 264 g/mol. The fraction of sp³-hybridized carbons (Fsp3) is 0.167. The number of aromatic nitrogens is 1. The minimum Gasteiger partial charge on any atom is -0.508 e. The third-order valence-electron chi connectivity index (χ3n) is 2.32. The third-order valence-corrected chi connectivity index (χ3v) is 3.32. The van der Waals surface area contributed by atoms with Gasteiger partial charge in [0.15, 0.2) is 5.13 Å². The lowest BCUT2D eigenvalue weighted by molar-refractivity contribution is 0.0701. The number of thiazole rings is 1. The molecule has 3 N–H and O–H groups in total. The molecule has 94 valence electrons. The van der Waals surface area contributed by atoms with Crippen molar-refractivity contribution < 1.29 is 15.0 Å². The van der Waals surface area contributed by atoms with Gasteiger partial charge in [0.2, 0.25) is 0 Å². The predicted octanol–water partition coefficient (Wildman–Crippen LogP) is 2.85. The highest BCUT2D eigenvalue weighted by atomic mass is 32.1. The van der Waals surface area contributed by atoms with E-state index in [1.54, 1.807) is 24.3 Å². The van der Waals surface area contributed by atoms with Gasteiger partial charge in [-0.2, -0.15) is 0 Å². The summed E-state index contributed by atoms with van der Waals surface area (Å²) >= 11 is 1.09. The van der Waals surface area contributed by atoms with Crippen molar-refractivity contribution in [1.82, 2.24) is 4.98 Å². The molecule has 1 heterocycles. The molecule has 1 aromatic carbocycles. The average Bonchev–Trinajstić information content (AvgIpc) is 2.72. The molecule has 0 amide bonds. The molecule has 0 saturated heterocycles. The van der Waals surface area contributed by atoms with E-state index in [-0.39, 0.29) is 10.6 Å². The van der Waals surface area contributed by atoms with Crippen LogP contribution in [0.2, 0.25) is 0 Å². The first-order valence-corrected chi connectivity index (χ1v) is 6.21. The fourth-order valence-electron chi connectivity index (χ4n) is 1.52. The number of nitrogens with zero attached hydrogens (tertiary/aromatic N) is 1. The lowest BCUT2D eigenvalue weighted by Gasteiger charge is -2.01. The second-order valence-electron chi connectivity index (χ2n) is 3.63. The predicted molar refractivity (Wildman–Crippen MR) is 69.8 cm³/mol. The van der Waals surface area contributed by atoms with Gasteiger partial charge >= 0.3 is 5.97 Å². The first-order valence-electron chi connectivity index (χ1n) is 5.39. The van der Waals surface area contributed by atoms with Gasteiger partial charge in [0.05, 0.1) is 5.69 Å². The van der Waals surface area contributed by atoms with E-state index in [1.807, 2.05) is 6.92 Å². The Morgan fingerprint density at radius 2 is 2.28 bits per heavy atom. The summed E-state index contributed by atoms with van der Waals surface area (Å²) in [6, 6.07) is 6.58. The summed E-state index contributed by atoms with van der Waals surface area (Å²) < 4.78 is 0. The summed E-state index contributed by atoms with van der Waals surface area (Å²) in [5.74, 6) is -0.820. The monoisotopic (exact) mass is 264 g/mol. The molecule has 0 radical (unpaired) electrons. The Hall–Kier alpha value is -2.08. The van der Waals surface area contributed by atoms with Crippen LogP contribution in [0, 0.1) is 0 Å². The van der Waals surface area contributed by atoms with E-state index in [0.717, 1.165) is 11.3 Å². The molecule has 0 saturated carbocycles. The Morgan fingerprint density at radius 3 is 2.83 bits per heavy atom. The topological polar surface area (TPSA) is 82.5 Å². The first kappa shape index (κ1) is 12.4. The molecule has 2 aromatic rings. The maximum atomic E-state index is 11.0. The molecule has 0 atom stereocenters. The number of hydrogen-bond donors (Lipinski definition) is 3. The summed E-state index contributed by atoms with van der Waals surface area (Å²) in [5, 5.41) is 21.8. The molecule has 0 aliphatic heterocycles. The summed E-state index contributed by atoms with van der Waals surface area (Å²) in [6.45, 7) is 1.86. The van der Waals surface area contributed by atoms with Crippen LogP contribution >= 0.6 is 11.3 Å². The molecule has 2 rings (SSSR count). The third kappa shape index (κ3) is 2.60. The number of anilines is 2. The number of aryl methyl sites for hydroxylation is 1. The van der Waals surface area contributed by atoms with Crippen molar-refractivity contribution in [3.05, 3.63) is 34.8 Å². The molecule has 6 heteroatoms. The van der Waals surface area contributed by atoms with Crippen molar-refractivity contribution in [1.29, 1.82) is 0 Å². The van der Waals surface area contributed by atoms with Crippen LogP contribution in [-0.2, 0) is 6.42 Å². The van der Waals surface area contributed by atoms with Crippen LogP contribution in [0.25, 0.3) is 0 Å². The molecule has 0 aliphatic carbocycles. The largest absolute Gasteiger partial charge is 0.508 e. The van der Waals surface area contributed by atoms with E-state index in [9.17, 15) is 9.90 Å². The normalized spacial score (nSPS) is 10.3. The molecule has 0 aliphatic rings. The van der Waals surface area contributed by atoms with E-state index in [4.69, 9.17) is 5.11 Å². The number of phenols is 1. The molecule has 0 unspecified atom stereocenters. The Labute approximate surface area is 108 Å². The number of aromatic hydroxyl groups is 1. The van der Waals surface area contributed by atoms with Crippen LogP contribution in [-0.4, -0.2) is 21.2 Å². The summed E-state index contributed by atoms with van der Waals surface area (Å²) in [7, 11) is 0. The smallest absolute Gasteiger partial charge is 0.347 e. The summed E-state index contributed by atoms with van der Waals surface area (Å²) in [4.78, 5) is 15.5. The van der Waals surface area contributed by atoms with Gasteiger partial charge in [-0.1, -0.05) is 24.3 Å². The Morgan fingerprint density at radius 1 is 1.50 bits per heavy atom. The van der Waals surface area contributed by atoms with E-state index in [2.05, 4.69) is 10.3 Å². The maximum Gasteiger partial charge on any atom is 0.347 e. The van der Waals surface area contributed by atoms with Crippen LogP contribution < -0.4 is 5.32 Å². The fourth-order valence-corrected chi connectivity index (χ4v) is 2.43. The van der Waals surface area contributed by atoms with Crippen molar-refractivity contribution in [2.45, 2.75) is 13.3 Å². The molecule has 1 aromatic heterocycles. The van der Waals surface area contributed by atoms with Gasteiger partial charge in [0.25, 0.3) is 0 Å². The Balaban J connectivity index is 2.27. The minimum absolute atomic E-state index is 0.144. The van der Waals surface area contributed by atoms with Crippen molar-refractivity contribution in [2.75, 3.05) is 5.32 Å². The van der Waals surface area contributed by atoms with Gasteiger partial charge < -0.3 is 15.5 Å². The van der Waals surface area contributed by atoms with Crippen LogP contribution in [0.1, 0.15) is 22.3 Å². The van der Waals surface area contributed by atoms with Crippen LogP contribution in [0.4, 0.5) is 10.8 Å². The van der Waals surface area contributed by atoms with Crippen LogP contribution in [0.3, 0.4) is 0 Å². The first-order chi connectivity index (χ1) is 8.60. The number of carboxylic acids is 1. The van der Waals surface area contributed by atoms with Gasteiger partial charge in [0.1, 0.15) is 10.6 Å². The lowest BCUT2D eigenvalue weighted by Crippen LogP contribution is -1.97. The molecular formula is C12H12N2O3S. The van der Waals surface area contributed by atoms with E-state index in [1.165, 1.54) is 0 Å². The number of rotatable bonds is 4. The molecule has 0 fully saturated rings. The molecule has 5 nitrogen and oxygen atoms in total. The number of phenolic OH excluding ortho intramolecular Hbond substituents is 1. The second kappa shape index (κ2) is 5.05. The van der Waals surface area contributed by atoms with E-state index in [0.29, 0.717) is 22.9 Å². The molecule has 0 bridgehead atoms.